The van der Waals surface area contributed by atoms with Crippen molar-refractivity contribution in [2.75, 3.05) is 22.9 Å². The van der Waals surface area contributed by atoms with E-state index in [0.29, 0.717) is 56.1 Å². The molecule has 3 aromatic heterocycles. The molecule has 0 aliphatic carbocycles. The number of nitrogens with zero attached hydrogens (tertiary/aromatic N) is 6. The van der Waals surface area contributed by atoms with Gasteiger partial charge in [0, 0.05) is 80.1 Å². The van der Waals surface area contributed by atoms with Crippen LogP contribution in [0.25, 0.3) is 33.7 Å². The van der Waals surface area contributed by atoms with Gasteiger partial charge < -0.3 is 20.0 Å². The molecule has 14 heteroatoms. The van der Waals surface area contributed by atoms with Crippen LogP contribution in [0, 0.1) is 12.8 Å². The lowest BCUT2D eigenvalue weighted by Crippen LogP contribution is -2.44. The summed E-state index contributed by atoms with van der Waals surface area (Å²) >= 11 is 0. The van der Waals surface area contributed by atoms with Crippen molar-refractivity contribution in [1.82, 2.24) is 31.0 Å². The molecule has 14 nitrogen and oxygen atoms in total. The Morgan fingerprint density at radius 3 is 1.77 bits per heavy atom. The van der Waals surface area contributed by atoms with Gasteiger partial charge in [0.2, 0.25) is 29.5 Å². The van der Waals surface area contributed by atoms with Crippen LogP contribution in [0.1, 0.15) is 52.3 Å². The number of hydrogen-bond acceptors (Lipinski definition) is 10. The molecule has 0 radical (unpaired) electrons. The molecule has 328 valence electrons. The first kappa shape index (κ1) is 43.8. The molecule has 7 aromatic rings. The van der Waals surface area contributed by atoms with Crippen LogP contribution < -0.4 is 26.4 Å². The molecular weight excluding hydrogens is 819 g/mol. The molecule has 0 fully saturated rings. The van der Waals surface area contributed by atoms with E-state index in [2.05, 4.69) is 31.0 Å². The third-order valence-electron chi connectivity index (χ3n) is 11.5. The Labute approximate surface area is 376 Å². The van der Waals surface area contributed by atoms with Crippen LogP contribution in [0.15, 0.2) is 138 Å². The van der Waals surface area contributed by atoms with Gasteiger partial charge >= 0.3 is 0 Å². The molecule has 4 aromatic carbocycles. The molecule has 9 rings (SSSR count). The standard InChI is InChI=1S/C26H26N4O3.C25H23N5O2/c1-17(14-19-6-4-3-5-7-19)26(33)30-13-10-22-23(25(32)29-28-18(2)31)15-21(16-24(22)30)20-8-11-27-12-9-20;1-16-28-29-24(32-16)21-14-19(18-7-10-27-11-8-18)15-23-20(21)9-12-30(23)25(31)22(26)13-17-5-3-2-4-6-17/h3-9,11-12,15-17H,10,13-14H2,1-2H3,(H,28,31)(H,29,32);2-8,10-11,14-15,22H,9,12-13,26H2,1H3/t17-;22-/m00/s1. The summed E-state index contributed by atoms with van der Waals surface area (Å²) in [7, 11) is 0. The molecule has 2 aliphatic rings. The smallest absolute Gasteiger partial charge is 0.270 e. The maximum atomic E-state index is 13.4. The summed E-state index contributed by atoms with van der Waals surface area (Å²) in [4.78, 5) is 62.7. The normalized spacial score (nSPS) is 13.5. The number of aromatic nitrogens is 4. The quantitative estimate of drug-likeness (QED) is 0.123. The lowest BCUT2D eigenvalue weighted by atomic mass is 9.96. The fourth-order valence-electron chi connectivity index (χ4n) is 8.38. The van der Waals surface area contributed by atoms with Crippen LogP contribution >= 0.6 is 0 Å². The number of aryl methyl sites for hydroxylation is 1. The van der Waals surface area contributed by atoms with Crippen molar-refractivity contribution in [2.24, 2.45) is 11.7 Å². The number of benzene rings is 4. The van der Waals surface area contributed by atoms with Crippen molar-refractivity contribution >= 4 is 35.0 Å². The van der Waals surface area contributed by atoms with Gasteiger partial charge in [0.05, 0.1) is 6.04 Å². The molecule has 2 atom stereocenters. The summed E-state index contributed by atoms with van der Waals surface area (Å²) in [6, 6.07) is 34.6. The zero-order valence-corrected chi connectivity index (χ0v) is 36.4. The first-order chi connectivity index (χ1) is 31.5. The Hall–Kier alpha value is -7.84. The zero-order valence-electron chi connectivity index (χ0n) is 36.4. The van der Waals surface area contributed by atoms with Crippen LogP contribution in [0.2, 0.25) is 0 Å². The number of hydrogen-bond donors (Lipinski definition) is 3. The maximum absolute atomic E-state index is 13.4. The fraction of sp³-hybridized carbons (Fsp3) is 0.216. The van der Waals surface area contributed by atoms with Crippen molar-refractivity contribution in [2.45, 2.75) is 52.5 Å². The van der Waals surface area contributed by atoms with Crippen molar-refractivity contribution in [3.63, 3.8) is 0 Å². The predicted molar refractivity (Wildman–Crippen MR) is 248 cm³/mol. The van der Waals surface area contributed by atoms with E-state index in [9.17, 15) is 19.2 Å². The van der Waals surface area contributed by atoms with E-state index in [1.165, 1.54) is 6.92 Å². The van der Waals surface area contributed by atoms with Gasteiger partial charge in [-0.25, -0.2) is 0 Å². The first-order valence-electron chi connectivity index (χ1n) is 21.5. The molecular formula is C51H49N9O5. The Morgan fingerprint density at radius 1 is 0.662 bits per heavy atom. The topological polar surface area (TPSA) is 190 Å². The van der Waals surface area contributed by atoms with E-state index in [0.717, 1.165) is 61.4 Å². The minimum absolute atomic E-state index is 0.0256. The van der Waals surface area contributed by atoms with E-state index in [1.807, 2.05) is 110 Å². The minimum atomic E-state index is -0.623. The van der Waals surface area contributed by atoms with E-state index in [4.69, 9.17) is 10.2 Å². The average molecular weight is 868 g/mol. The van der Waals surface area contributed by atoms with Gasteiger partial charge in [-0.05, 0) is 119 Å². The van der Waals surface area contributed by atoms with Gasteiger partial charge in [-0.3, -0.25) is 40.0 Å². The van der Waals surface area contributed by atoms with Crippen molar-refractivity contribution in [1.29, 1.82) is 0 Å². The summed E-state index contributed by atoms with van der Waals surface area (Å²) in [6.07, 6.45) is 9.27. The molecule has 0 saturated heterocycles. The highest BCUT2D eigenvalue weighted by Gasteiger charge is 2.33. The van der Waals surface area contributed by atoms with Crippen LogP contribution in [0.4, 0.5) is 11.4 Å². The molecule has 0 saturated carbocycles. The Kier molecular flexibility index (Phi) is 13.3. The number of anilines is 2. The van der Waals surface area contributed by atoms with E-state index in [-0.39, 0.29) is 23.6 Å². The third kappa shape index (κ3) is 10.0. The molecule has 4 N–H and O–H groups in total. The monoisotopic (exact) mass is 867 g/mol. The Morgan fingerprint density at radius 2 is 1.20 bits per heavy atom. The predicted octanol–water partition coefficient (Wildman–Crippen LogP) is 6.86. The highest BCUT2D eigenvalue weighted by molar-refractivity contribution is 6.04. The number of nitrogens with two attached hydrogens (primary N) is 1. The zero-order chi connectivity index (χ0) is 45.5. The van der Waals surface area contributed by atoms with Crippen LogP contribution in [-0.4, -0.2) is 62.9 Å². The summed E-state index contributed by atoms with van der Waals surface area (Å²) in [5.74, 6) is -0.0957. The molecule has 65 heavy (non-hydrogen) atoms. The Balaban J connectivity index is 0.000000177. The van der Waals surface area contributed by atoms with Crippen molar-refractivity contribution in [3.05, 3.63) is 168 Å². The van der Waals surface area contributed by atoms with E-state index >= 15 is 0 Å². The largest absolute Gasteiger partial charge is 0.421 e. The molecule has 5 heterocycles. The summed E-state index contributed by atoms with van der Waals surface area (Å²) in [6.45, 7) is 6.10. The lowest BCUT2D eigenvalue weighted by molar-refractivity contribution is -0.122. The van der Waals surface area contributed by atoms with Crippen LogP contribution in [0.3, 0.4) is 0 Å². The average Bonchev–Trinajstić information content (AvgIpc) is 4.10. The van der Waals surface area contributed by atoms with Crippen LogP contribution in [-0.2, 0) is 40.1 Å². The van der Waals surface area contributed by atoms with Crippen molar-refractivity contribution < 1.29 is 23.6 Å². The highest BCUT2D eigenvalue weighted by Crippen LogP contribution is 2.41. The van der Waals surface area contributed by atoms with Crippen molar-refractivity contribution in [3.8, 4) is 33.7 Å². The second-order valence-electron chi connectivity index (χ2n) is 16.1. The van der Waals surface area contributed by atoms with Gasteiger partial charge in [0.15, 0.2) is 0 Å². The van der Waals surface area contributed by atoms with Gasteiger partial charge in [-0.1, -0.05) is 67.6 Å². The summed E-state index contributed by atoms with van der Waals surface area (Å²) < 4.78 is 5.75. The number of fused-ring (bicyclic) bond motifs is 2. The minimum Gasteiger partial charge on any atom is -0.421 e. The second kappa shape index (κ2) is 19.7. The van der Waals surface area contributed by atoms with E-state index < -0.39 is 11.9 Å². The number of rotatable bonds is 10. The van der Waals surface area contributed by atoms with Gasteiger partial charge in [0.25, 0.3) is 5.91 Å². The molecule has 0 spiro atoms. The maximum Gasteiger partial charge on any atom is 0.270 e. The lowest BCUT2D eigenvalue weighted by Gasteiger charge is -2.23. The number of amides is 4. The fourth-order valence-corrected chi connectivity index (χ4v) is 8.38. The van der Waals surface area contributed by atoms with Gasteiger partial charge in [-0.2, -0.15) is 0 Å². The summed E-state index contributed by atoms with van der Waals surface area (Å²) in [5, 5.41) is 8.22. The second-order valence-corrected chi connectivity index (χ2v) is 16.1. The molecule has 4 amide bonds. The highest BCUT2D eigenvalue weighted by atomic mass is 16.4. The summed E-state index contributed by atoms with van der Waals surface area (Å²) in [5.41, 5.74) is 21.6. The number of carbonyl (C=O) groups excluding carboxylic acids is 4. The van der Waals surface area contributed by atoms with Gasteiger partial charge in [-0.15, -0.1) is 10.2 Å². The molecule has 0 unspecified atom stereocenters. The SMILES string of the molecule is CC(=O)NNC(=O)c1cc(-c2ccncc2)cc2c1CCN2C(=O)[C@@H](C)Cc1ccccc1.Cc1nnc(-c2cc(-c3ccncc3)cc3c2CCN3C(=O)[C@@H](N)Cc2ccccc2)o1. The molecule has 0 bridgehead atoms. The first-order valence-corrected chi connectivity index (χ1v) is 21.5. The number of hydrazine groups is 1. The number of carbonyl (C=O) groups is 4. The van der Waals surface area contributed by atoms with Crippen LogP contribution in [0.5, 0.6) is 0 Å². The number of nitrogens with one attached hydrogen (secondary N) is 2. The van der Waals surface area contributed by atoms with Gasteiger partial charge in [0.1, 0.15) is 0 Å². The molecule has 2 aliphatic heterocycles. The third-order valence-corrected chi connectivity index (χ3v) is 11.5. The Bertz CT molecular complexity index is 2820. The number of pyridine rings is 2. The van der Waals surface area contributed by atoms with E-state index in [1.54, 1.807) is 47.6 Å².